The molecule has 2 aromatic carbocycles. The fraction of sp³-hybridized carbons (Fsp3) is 0.125. The van der Waals surface area contributed by atoms with E-state index in [1.165, 1.54) is 0 Å². The van der Waals surface area contributed by atoms with Gasteiger partial charge < -0.3 is 21.1 Å². The van der Waals surface area contributed by atoms with Crippen molar-refractivity contribution in [1.82, 2.24) is 5.32 Å². The van der Waals surface area contributed by atoms with Crippen LogP contribution >= 0.6 is 0 Å². The number of benzene rings is 2. The van der Waals surface area contributed by atoms with Gasteiger partial charge in [-0.15, -0.1) is 0 Å². The van der Waals surface area contributed by atoms with Crippen LogP contribution in [0.4, 0.5) is 10.5 Å². The summed E-state index contributed by atoms with van der Waals surface area (Å²) in [5, 5.41) is 5.27. The molecule has 3 amide bonds. The topological polar surface area (TPSA) is 93.4 Å². The molecule has 2 aromatic rings. The molecule has 0 saturated carbocycles. The SMILES string of the molecule is COc1ccc(C(NC(N)=O)c2ccc(NC=O)cc2)cc1. The zero-order valence-electron chi connectivity index (χ0n) is 12.1. The number of hydrogen-bond donors (Lipinski definition) is 3. The van der Waals surface area contributed by atoms with Crippen LogP contribution in [0.5, 0.6) is 5.75 Å². The number of urea groups is 1. The Labute approximate surface area is 128 Å². The fourth-order valence-corrected chi connectivity index (χ4v) is 2.14. The molecule has 114 valence electrons. The molecule has 1 atom stereocenters. The molecule has 0 fully saturated rings. The maximum atomic E-state index is 11.3. The Hall–Kier alpha value is -3.02. The van der Waals surface area contributed by atoms with E-state index in [0.717, 1.165) is 16.9 Å². The average molecular weight is 299 g/mol. The van der Waals surface area contributed by atoms with Gasteiger partial charge in [0.2, 0.25) is 6.41 Å². The molecule has 0 spiro atoms. The quantitative estimate of drug-likeness (QED) is 0.712. The van der Waals surface area contributed by atoms with Crippen LogP contribution < -0.4 is 21.1 Å². The summed E-state index contributed by atoms with van der Waals surface area (Å²) in [6.45, 7) is 0. The number of nitrogens with two attached hydrogens (primary N) is 1. The van der Waals surface area contributed by atoms with Gasteiger partial charge in [0.05, 0.1) is 13.2 Å². The zero-order valence-corrected chi connectivity index (χ0v) is 12.1. The van der Waals surface area contributed by atoms with Gasteiger partial charge >= 0.3 is 6.03 Å². The molecule has 0 aliphatic rings. The summed E-state index contributed by atoms with van der Waals surface area (Å²) in [7, 11) is 1.59. The molecule has 0 aliphatic carbocycles. The van der Waals surface area contributed by atoms with E-state index in [1.54, 1.807) is 19.2 Å². The van der Waals surface area contributed by atoms with Crippen molar-refractivity contribution >= 4 is 18.1 Å². The molecule has 0 bridgehead atoms. The van der Waals surface area contributed by atoms with Crippen molar-refractivity contribution in [3.05, 3.63) is 59.7 Å². The summed E-state index contributed by atoms with van der Waals surface area (Å²) >= 11 is 0. The first-order valence-corrected chi connectivity index (χ1v) is 6.64. The number of carbonyl (C=O) groups excluding carboxylic acids is 2. The van der Waals surface area contributed by atoms with Gasteiger partial charge in [-0.3, -0.25) is 4.79 Å². The van der Waals surface area contributed by atoms with E-state index in [0.29, 0.717) is 12.1 Å². The first-order chi connectivity index (χ1) is 10.6. The van der Waals surface area contributed by atoms with E-state index < -0.39 is 6.03 Å². The molecule has 6 nitrogen and oxygen atoms in total. The van der Waals surface area contributed by atoms with Crippen molar-refractivity contribution in [2.24, 2.45) is 5.73 Å². The third-order valence-corrected chi connectivity index (χ3v) is 3.21. The van der Waals surface area contributed by atoms with Crippen molar-refractivity contribution in [3.63, 3.8) is 0 Å². The van der Waals surface area contributed by atoms with Gasteiger partial charge in [0.1, 0.15) is 5.75 Å². The molecule has 22 heavy (non-hydrogen) atoms. The zero-order chi connectivity index (χ0) is 15.9. The van der Waals surface area contributed by atoms with Crippen LogP contribution in [0.3, 0.4) is 0 Å². The molecule has 0 saturated heterocycles. The Morgan fingerprint density at radius 2 is 1.64 bits per heavy atom. The van der Waals surface area contributed by atoms with Crippen molar-refractivity contribution in [2.45, 2.75) is 6.04 Å². The summed E-state index contributed by atoms with van der Waals surface area (Å²) in [4.78, 5) is 21.7. The number of anilines is 1. The standard InChI is InChI=1S/C16H17N3O3/c1-22-14-8-4-12(5-9-14)15(19-16(17)21)11-2-6-13(7-3-11)18-10-20/h2-10,15H,1H3,(H,18,20)(H3,17,19,21). The Morgan fingerprint density at radius 1 is 1.09 bits per heavy atom. The van der Waals surface area contributed by atoms with E-state index in [4.69, 9.17) is 10.5 Å². The fourth-order valence-electron chi connectivity index (χ4n) is 2.14. The monoisotopic (exact) mass is 299 g/mol. The Balaban J connectivity index is 2.31. The highest BCUT2D eigenvalue weighted by Gasteiger charge is 2.15. The number of hydrogen-bond acceptors (Lipinski definition) is 3. The van der Waals surface area contributed by atoms with Crippen molar-refractivity contribution in [1.29, 1.82) is 0 Å². The molecule has 2 rings (SSSR count). The molecule has 0 heterocycles. The average Bonchev–Trinajstić information content (AvgIpc) is 2.54. The second-order valence-electron chi connectivity index (χ2n) is 4.60. The summed E-state index contributed by atoms with van der Waals surface area (Å²) in [5.74, 6) is 0.729. The highest BCUT2D eigenvalue weighted by atomic mass is 16.5. The maximum absolute atomic E-state index is 11.3. The number of nitrogens with one attached hydrogen (secondary N) is 2. The predicted octanol–water partition coefficient (Wildman–Crippen LogP) is 2.02. The van der Waals surface area contributed by atoms with Gasteiger partial charge in [-0.25, -0.2) is 4.79 Å². The van der Waals surface area contributed by atoms with Gasteiger partial charge in [-0.05, 0) is 35.4 Å². The number of carbonyl (C=O) groups is 2. The second kappa shape index (κ2) is 7.12. The van der Waals surface area contributed by atoms with E-state index in [-0.39, 0.29) is 6.04 Å². The number of amides is 3. The Kier molecular flexibility index (Phi) is 4.98. The van der Waals surface area contributed by atoms with Crippen LogP contribution in [0.25, 0.3) is 0 Å². The normalized spacial score (nSPS) is 11.3. The van der Waals surface area contributed by atoms with Gasteiger partial charge in [-0.1, -0.05) is 24.3 Å². The largest absolute Gasteiger partial charge is 0.497 e. The second-order valence-corrected chi connectivity index (χ2v) is 4.60. The first-order valence-electron chi connectivity index (χ1n) is 6.64. The van der Waals surface area contributed by atoms with Crippen molar-refractivity contribution in [2.75, 3.05) is 12.4 Å². The highest BCUT2D eigenvalue weighted by Crippen LogP contribution is 2.25. The third kappa shape index (κ3) is 3.76. The number of rotatable bonds is 6. The van der Waals surface area contributed by atoms with Crippen molar-refractivity contribution in [3.8, 4) is 5.75 Å². The minimum atomic E-state index is -0.615. The smallest absolute Gasteiger partial charge is 0.312 e. The molecule has 0 aliphatic heterocycles. The third-order valence-electron chi connectivity index (χ3n) is 3.21. The molecular weight excluding hydrogens is 282 g/mol. The van der Waals surface area contributed by atoms with Crippen LogP contribution in [0, 0.1) is 0 Å². The molecule has 0 aromatic heterocycles. The van der Waals surface area contributed by atoms with Gasteiger partial charge in [0.15, 0.2) is 0 Å². The molecular formula is C16H17N3O3. The minimum absolute atomic E-state index is 0.381. The maximum Gasteiger partial charge on any atom is 0.312 e. The lowest BCUT2D eigenvalue weighted by atomic mass is 9.98. The summed E-state index contributed by atoms with van der Waals surface area (Å²) in [6, 6.07) is 13.5. The number of methoxy groups -OCH3 is 1. The highest BCUT2D eigenvalue weighted by molar-refractivity contribution is 5.73. The van der Waals surface area contributed by atoms with Gasteiger partial charge in [-0.2, -0.15) is 0 Å². The van der Waals surface area contributed by atoms with E-state index >= 15 is 0 Å². The van der Waals surface area contributed by atoms with E-state index in [9.17, 15) is 9.59 Å². The van der Waals surface area contributed by atoms with E-state index in [2.05, 4.69) is 10.6 Å². The molecule has 1 unspecified atom stereocenters. The van der Waals surface area contributed by atoms with Crippen LogP contribution in [-0.2, 0) is 4.79 Å². The van der Waals surface area contributed by atoms with Crippen LogP contribution in [0.2, 0.25) is 0 Å². The Bertz CT molecular complexity index is 639. The lowest BCUT2D eigenvalue weighted by Gasteiger charge is -2.19. The number of ether oxygens (including phenoxy) is 1. The first kappa shape index (κ1) is 15.4. The van der Waals surface area contributed by atoms with Crippen molar-refractivity contribution < 1.29 is 14.3 Å². The van der Waals surface area contributed by atoms with Gasteiger partial charge in [0, 0.05) is 5.69 Å². The summed E-state index contributed by atoms with van der Waals surface area (Å²) in [5.41, 5.74) is 7.66. The Morgan fingerprint density at radius 3 is 2.09 bits per heavy atom. The van der Waals surface area contributed by atoms with Crippen LogP contribution in [-0.4, -0.2) is 19.6 Å². The predicted molar refractivity (Wildman–Crippen MR) is 83.7 cm³/mol. The van der Waals surface area contributed by atoms with E-state index in [1.807, 2.05) is 36.4 Å². The summed E-state index contributed by atoms with van der Waals surface area (Å²) in [6.07, 6.45) is 0.609. The molecule has 4 N–H and O–H groups in total. The van der Waals surface area contributed by atoms with Crippen LogP contribution in [0.15, 0.2) is 48.5 Å². The van der Waals surface area contributed by atoms with Gasteiger partial charge in [0.25, 0.3) is 0 Å². The summed E-state index contributed by atoms with van der Waals surface area (Å²) < 4.78 is 5.12. The molecule has 0 radical (unpaired) electrons. The lowest BCUT2D eigenvalue weighted by Crippen LogP contribution is -2.33. The molecule has 6 heteroatoms. The minimum Gasteiger partial charge on any atom is -0.497 e. The van der Waals surface area contributed by atoms with Crippen LogP contribution in [0.1, 0.15) is 17.2 Å². The lowest BCUT2D eigenvalue weighted by molar-refractivity contribution is -0.105. The number of primary amides is 1.